The van der Waals surface area contributed by atoms with E-state index in [1.165, 1.54) is 4.31 Å². The summed E-state index contributed by atoms with van der Waals surface area (Å²) < 4.78 is 28.1. The van der Waals surface area contributed by atoms with Crippen molar-refractivity contribution in [2.75, 3.05) is 30.3 Å². The molecule has 4 amide bonds. The van der Waals surface area contributed by atoms with E-state index in [0.29, 0.717) is 24.4 Å². The van der Waals surface area contributed by atoms with Crippen molar-refractivity contribution in [3.63, 3.8) is 0 Å². The number of urea groups is 1. The van der Waals surface area contributed by atoms with E-state index in [-0.39, 0.29) is 37.1 Å². The van der Waals surface area contributed by atoms with Crippen LogP contribution in [0.5, 0.6) is 0 Å². The number of anilines is 1. The van der Waals surface area contributed by atoms with Crippen LogP contribution in [0.15, 0.2) is 17.1 Å². The highest BCUT2D eigenvalue weighted by Gasteiger charge is 2.48. The third-order valence-corrected chi connectivity index (χ3v) is 11.0. The standard InChI is InChI=1S/C28H39N5O6S/c1-17-4-6-20(7-5-17)24-30-26(36)28(31-24)9-11-32(12-10-28)40(38,39)13-8-22-18(2)14-21(15-19(22)3)33-25(35)23(16-34)29-27(33)37/h14-15,17,20,23,34H,4-13,16H2,1-3H3,(H,29,37)(H,30,31,36). The highest BCUT2D eigenvalue weighted by Crippen LogP contribution is 2.36. The van der Waals surface area contributed by atoms with Crippen molar-refractivity contribution in [3.05, 3.63) is 28.8 Å². The van der Waals surface area contributed by atoms with Crippen molar-refractivity contribution in [1.82, 2.24) is 14.9 Å². The summed E-state index contributed by atoms with van der Waals surface area (Å²) in [4.78, 5) is 43.6. The van der Waals surface area contributed by atoms with E-state index in [9.17, 15) is 27.9 Å². The highest BCUT2D eigenvalue weighted by atomic mass is 32.2. The lowest BCUT2D eigenvalue weighted by atomic mass is 9.82. The average molecular weight is 574 g/mol. The van der Waals surface area contributed by atoms with E-state index in [4.69, 9.17) is 4.99 Å². The number of imide groups is 1. The second-order valence-electron chi connectivity index (χ2n) is 11.8. The number of amidine groups is 1. The molecule has 3 N–H and O–H groups in total. The summed E-state index contributed by atoms with van der Waals surface area (Å²) in [6, 6.07) is 1.82. The Morgan fingerprint density at radius 3 is 2.25 bits per heavy atom. The molecule has 4 aliphatic rings. The maximum Gasteiger partial charge on any atom is 0.329 e. The van der Waals surface area contributed by atoms with E-state index in [2.05, 4.69) is 17.6 Å². The lowest BCUT2D eigenvalue weighted by molar-refractivity contribution is -0.125. The predicted molar refractivity (Wildman–Crippen MR) is 151 cm³/mol. The minimum absolute atomic E-state index is 0.0856. The number of carbonyl (C=O) groups is 3. The molecule has 11 nitrogen and oxygen atoms in total. The molecule has 1 aliphatic carbocycles. The van der Waals surface area contributed by atoms with Crippen LogP contribution in [0.25, 0.3) is 0 Å². The highest BCUT2D eigenvalue weighted by molar-refractivity contribution is 7.89. The Bertz CT molecular complexity index is 1320. The zero-order valence-electron chi connectivity index (χ0n) is 23.4. The molecule has 1 saturated carbocycles. The largest absolute Gasteiger partial charge is 0.394 e. The molecule has 0 aromatic heterocycles. The molecular formula is C28H39N5O6S. The van der Waals surface area contributed by atoms with Gasteiger partial charge in [-0.15, -0.1) is 0 Å². The number of aryl methyl sites for hydroxylation is 2. The molecule has 3 heterocycles. The number of nitrogens with zero attached hydrogens (tertiary/aromatic N) is 3. The van der Waals surface area contributed by atoms with E-state index in [1.807, 2.05) is 13.8 Å². The van der Waals surface area contributed by atoms with Gasteiger partial charge in [-0.2, -0.15) is 0 Å². The van der Waals surface area contributed by atoms with Gasteiger partial charge in [-0.25, -0.2) is 22.4 Å². The second-order valence-corrected chi connectivity index (χ2v) is 13.9. The molecule has 0 radical (unpaired) electrons. The molecule has 0 bridgehead atoms. The molecule has 1 aromatic carbocycles. The van der Waals surface area contributed by atoms with Gasteiger partial charge in [0.1, 0.15) is 17.4 Å². The van der Waals surface area contributed by atoms with Crippen LogP contribution in [0.1, 0.15) is 62.1 Å². The van der Waals surface area contributed by atoms with Gasteiger partial charge in [-0.3, -0.25) is 14.6 Å². The van der Waals surface area contributed by atoms with Crippen LogP contribution in [-0.2, 0) is 26.0 Å². The van der Waals surface area contributed by atoms with Crippen LogP contribution in [0.2, 0.25) is 0 Å². The number of aliphatic hydroxyl groups is 1. The summed E-state index contributed by atoms with van der Waals surface area (Å²) in [5, 5.41) is 14.8. The number of amides is 4. The van der Waals surface area contributed by atoms with Gasteiger partial charge >= 0.3 is 6.03 Å². The van der Waals surface area contributed by atoms with E-state index >= 15 is 0 Å². The fraction of sp³-hybridized carbons (Fsp3) is 0.643. The Morgan fingerprint density at radius 2 is 1.68 bits per heavy atom. The molecular weight excluding hydrogens is 534 g/mol. The van der Waals surface area contributed by atoms with Gasteiger partial charge < -0.3 is 15.7 Å². The monoisotopic (exact) mass is 573 g/mol. The van der Waals surface area contributed by atoms with Crippen LogP contribution in [0, 0.1) is 25.7 Å². The average Bonchev–Trinajstić information content (AvgIpc) is 3.38. The van der Waals surface area contributed by atoms with Gasteiger partial charge in [0.25, 0.3) is 11.8 Å². The quantitative estimate of drug-likeness (QED) is 0.424. The number of rotatable bonds is 7. The molecule has 2 saturated heterocycles. The normalized spacial score (nSPS) is 27.2. The Morgan fingerprint density at radius 1 is 1.05 bits per heavy atom. The van der Waals surface area contributed by atoms with Gasteiger partial charge in [-0.1, -0.05) is 19.8 Å². The lowest BCUT2D eigenvalue weighted by Crippen LogP contribution is -2.51. The molecule has 40 heavy (non-hydrogen) atoms. The van der Waals surface area contributed by atoms with Crippen molar-refractivity contribution in [2.24, 2.45) is 16.8 Å². The minimum Gasteiger partial charge on any atom is -0.394 e. The molecule has 5 rings (SSSR count). The Balaban J connectivity index is 1.22. The number of carbonyl (C=O) groups excluding carboxylic acids is 3. The zero-order valence-corrected chi connectivity index (χ0v) is 24.2. The molecule has 12 heteroatoms. The maximum atomic E-state index is 13.3. The smallest absolute Gasteiger partial charge is 0.329 e. The van der Waals surface area contributed by atoms with E-state index < -0.39 is 40.1 Å². The Kier molecular flexibility index (Phi) is 7.79. The first-order valence-electron chi connectivity index (χ1n) is 14.2. The van der Waals surface area contributed by atoms with Crippen molar-refractivity contribution < 1.29 is 27.9 Å². The first kappa shape index (κ1) is 28.7. The molecule has 3 fully saturated rings. The molecule has 1 aromatic rings. The predicted octanol–water partition coefficient (Wildman–Crippen LogP) is 1.78. The zero-order chi connectivity index (χ0) is 28.8. The van der Waals surface area contributed by atoms with Gasteiger partial charge in [0, 0.05) is 19.0 Å². The van der Waals surface area contributed by atoms with Gasteiger partial charge in [0.05, 0.1) is 18.0 Å². The van der Waals surface area contributed by atoms with Gasteiger partial charge in [-0.05, 0) is 80.7 Å². The van der Waals surface area contributed by atoms with Crippen LogP contribution in [0.4, 0.5) is 10.5 Å². The third-order valence-electron chi connectivity index (χ3n) is 9.10. The SMILES string of the molecule is Cc1cc(N2C(=O)NC(CO)C2=O)cc(C)c1CCS(=O)(=O)N1CCC2(CC1)N=C(C1CCC(C)CC1)NC2=O. The topological polar surface area (TPSA) is 148 Å². The summed E-state index contributed by atoms with van der Waals surface area (Å²) in [5.41, 5.74) is 1.92. The van der Waals surface area contributed by atoms with Crippen LogP contribution >= 0.6 is 0 Å². The second kappa shape index (κ2) is 10.9. The number of aliphatic hydroxyl groups excluding tert-OH is 1. The van der Waals surface area contributed by atoms with Crippen molar-refractivity contribution >= 4 is 39.4 Å². The molecule has 218 valence electrons. The number of nitrogens with one attached hydrogen (secondary N) is 2. The van der Waals surface area contributed by atoms with E-state index in [0.717, 1.165) is 53.1 Å². The summed E-state index contributed by atoms with van der Waals surface area (Å²) in [5.74, 6) is 1.08. The Hall–Kier alpha value is -2.83. The van der Waals surface area contributed by atoms with Gasteiger partial charge in [0.15, 0.2) is 0 Å². The third kappa shape index (κ3) is 5.28. The van der Waals surface area contributed by atoms with Crippen molar-refractivity contribution in [1.29, 1.82) is 0 Å². The van der Waals surface area contributed by atoms with Crippen LogP contribution < -0.4 is 15.5 Å². The summed E-state index contributed by atoms with van der Waals surface area (Å²) in [6.07, 6.45) is 5.36. The fourth-order valence-electron chi connectivity index (χ4n) is 6.50. The maximum absolute atomic E-state index is 13.3. The van der Waals surface area contributed by atoms with Crippen molar-refractivity contribution in [3.8, 4) is 0 Å². The number of sulfonamides is 1. The molecule has 1 unspecified atom stereocenters. The molecule has 1 spiro atoms. The summed E-state index contributed by atoms with van der Waals surface area (Å²) >= 11 is 0. The molecule has 3 aliphatic heterocycles. The van der Waals surface area contributed by atoms with E-state index in [1.54, 1.807) is 12.1 Å². The number of hydrogen-bond donors (Lipinski definition) is 3. The minimum atomic E-state index is -3.58. The number of benzene rings is 1. The van der Waals surface area contributed by atoms with Crippen LogP contribution in [-0.4, -0.2) is 78.5 Å². The number of piperidine rings is 1. The lowest BCUT2D eigenvalue weighted by Gasteiger charge is -2.34. The first-order chi connectivity index (χ1) is 18.9. The number of hydrogen-bond acceptors (Lipinski definition) is 7. The summed E-state index contributed by atoms with van der Waals surface area (Å²) in [6.45, 7) is 5.93. The van der Waals surface area contributed by atoms with Gasteiger partial charge in [0.2, 0.25) is 10.0 Å². The van der Waals surface area contributed by atoms with Crippen LogP contribution in [0.3, 0.4) is 0 Å². The summed E-state index contributed by atoms with van der Waals surface area (Å²) in [7, 11) is -3.58. The first-order valence-corrected chi connectivity index (χ1v) is 15.8. The molecule has 1 atom stereocenters. The fourth-order valence-corrected chi connectivity index (χ4v) is 7.95. The van der Waals surface area contributed by atoms with Crippen molar-refractivity contribution in [2.45, 2.75) is 77.3 Å². The number of aliphatic imine (C=N–C) groups is 1. The Labute approximate surface area is 235 Å².